The minimum Gasteiger partial charge on any atom is -0.480 e. The van der Waals surface area contributed by atoms with Crippen LogP contribution in [0.4, 0.5) is 4.39 Å². The summed E-state index contributed by atoms with van der Waals surface area (Å²) in [6.07, 6.45) is 0.517. The van der Waals surface area contributed by atoms with E-state index in [1.807, 2.05) is 0 Å². The second kappa shape index (κ2) is 6.12. The van der Waals surface area contributed by atoms with Crippen molar-refractivity contribution in [2.75, 3.05) is 0 Å². The summed E-state index contributed by atoms with van der Waals surface area (Å²) in [4.78, 5) is 10.9. The van der Waals surface area contributed by atoms with Crippen LogP contribution in [0.2, 0.25) is 0 Å². The molecule has 0 bridgehead atoms. The van der Waals surface area contributed by atoms with Crippen LogP contribution in [0.15, 0.2) is 29.2 Å². The Morgan fingerprint density at radius 3 is 2.32 bits per heavy atom. The lowest BCUT2D eigenvalue weighted by atomic mass is 10.0. The second-order valence-corrected chi connectivity index (χ2v) is 5.99. The van der Waals surface area contributed by atoms with Crippen LogP contribution in [0.3, 0.4) is 0 Å². The lowest BCUT2D eigenvalue weighted by molar-refractivity contribution is -0.140. The molecule has 0 radical (unpaired) electrons. The number of halogens is 1. The number of carboxylic acids is 1. The average Bonchev–Trinajstić information content (AvgIpc) is 2.35. The molecule has 0 saturated heterocycles. The van der Waals surface area contributed by atoms with Crippen LogP contribution in [0, 0.1) is 11.7 Å². The first-order valence-electron chi connectivity index (χ1n) is 5.78. The minimum absolute atomic E-state index is 0.163. The Morgan fingerprint density at radius 1 is 1.37 bits per heavy atom. The summed E-state index contributed by atoms with van der Waals surface area (Å²) in [5.74, 6) is -2.15. The van der Waals surface area contributed by atoms with Gasteiger partial charge in [0.1, 0.15) is 11.9 Å². The van der Waals surface area contributed by atoms with E-state index in [1.54, 1.807) is 13.8 Å². The summed E-state index contributed by atoms with van der Waals surface area (Å²) in [7, 11) is -3.97. The van der Waals surface area contributed by atoms with Crippen LogP contribution in [-0.4, -0.2) is 25.5 Å². The molecule has 0 aromatic heterocycles. The second-order valence-electron chi connectivity index (χ2n) is 4.28. The van der Waals surface area contributed by atoms with Crippen molar-refractivity contribution in [3.8, 4) is 0 Å². The number of rotatable bonds is 6. The lowest BCUT2D eigenvalue weighted by Crippen LogP contribution is -2.44. The highest BCUT2D eigenvalue weighted by molar-refractivity contribution is 7.89. The molecule has 2 atom stereocenters. The SMILES string of the molecule is CCC(C)[C@H](NS(=O)(=O)c1ccc(F)cc1)C(=O)O. The molecule has 0 fully saturated rings. The van der Waals surface area contributed by atoms with Gasteiger partial charge < -0.3 is 5.11 Å². The van der Waals surface area contributed by atoms with Crippen molar-refractivity contribution in [2.45, 2.75) is 31.2 Å². The van der Waals surface area contributed by atoms with Crippen LogP contribution in [0.1, 0.15) is 20.3 Å². The van der Waals surface area contributed by atoms with Crippen LogP contribution in [0.5, 0.6) is 0 Å². The molecule has 1 aromatic carbocycles. The summed E-state index contributed by atoms with van der Waals surface area (Å²) in [5.41, 5.74) is 0. The van der Waals surface area contributed by atoms with E-state index in [0.29, 0.717) is 6.42 Å². The smallest absolute Gasteiger partial charge is 0.322 e. The van der Waals surface area contributed by atoms with E-state index in [4.69, 9.17) is 5.11 Å². The predicted octanol–water partition coefficient (Wildman–Crippen LogP) is 1.60. The van der Waals surface area contributed by atoms with Gasteiger partial charge in [-0.3, -0.25) is 4.79 Å². The number of nitrogens with one attached hydrogen (secondary N) is 1. The minimum atomic E-state index is -3.97. The Balaban J connectivity index is 3.00. The quantitative estimate of drug-likeness (QED) is 0.833. The van der Waals surface area contributed by atoms with Gasteiger partial charge in [-0.2, -0.15) is 4.72 Å². The number of aliphatic carboxylic acids is 1. The topological polar surface area (TPSA) is 83.5 Å². The molecule has 1 unspecified atom stereocenters. The molecule has 7 heteroatoms. The fraction of sp³-hybridized carbons (Fsp3) is 0.417. The zero-order valence-electron chi connectivity index (χ0n) is 10.6. The molecular formula is C12H16FNO4S. The first kappa shape index (κ1) is 15.6. The number of sulfonamides is 1. The van der Waals surface area contributed by atoms with Crippen molar-refractivity contribution in [1.29, 1.82) is 0 Å². The van der Waals surface area contributed by atoms with Gasteiger partial charge in [0, 0.05) is 0 Å². The Morgan fingerprint density at radius 2 is 1.89 bits per heavy atom. The third-order valence-electron chi connectivity index (χ3n) is 2.89. The maximum atomic E-state index is 12.7. The van der Waals surface area contributed by atoms with E-state index >= 15 is 0 Å². The zero-order chi connectivity index (χ0) is 14.6. The highest BCUT2D eigenvalue weighted by Gasteiger charge is 2.29. The highest BCUT2D eigenvalue weighted by Crippen LogP contribution is 2.14. The van der Waals surface area contributed by atoms with E-state index in [0.717, 1.165) is 24.3 Å². The molecule has 5 nitrogen and oxygen atoms in total. The molecule has 106 valence electrons. The first-order chi connectivity index (χ1) is 8.77. The number of carboxylic acid groups (broad SMARTS) is 1. The van der Waals surface area contributed by atoms with Gasteiger partial charge in [0.2, 0.25) is 10.0 Å². The molecule has 2 N–H and O–H groups in total. The van der Waals surface area contributed by atoms with Crippen LogP contribution in [0.25, 0.3) is 0 Å². The van der Waals surface area contributed by atoms with Crippen molar-refractivity contribution in [3.05, 3.63) is 30.1 Å². The first-order valence-corrected chi connectivity index (χ1v) is 7.27. The van der Waals surface area contributed by atoms with Crippen LogP contribution < -0.4 is 4.72 Å². The molecule has 0 aliphatic rings. The molecular weight excluding hydrogens is 273 g/mol. The molecule has 1 rings (SSSR count). The lowest BCUT2D eigenvalue weighted by Gasteiger charge is -2.20. The summed E-state index contributed by atoms with van der Waals surface area (Å²) in [6, 6.07) is 2.99. The molecule has 0 saturated carbocycles. The largest absolute Gasteiger partial charge is 0.480 e. The maximum Gasteiger partial charge on any atom is 0.322 e. The Kier molecular flexibility index (Phi) is 5.02. The van der Waals surface area contributed by atoms with Crippen LogP contribution >= 0.6 is 0 Å². The van der Waals surface area contributed by atoms with Crippen molar-refractivity contribution in [3.63, 3.8) is 0 Å². The third-order valence-corrected chi connectivity index (χ3v) is 4.34. The van der Waals surface area contributed by atoms with Crippen molar-refractivity contribution >= 4 is 16.0 Å². The number of hydrogen-bond acceptors (Lipinski definition) is 3. The molecule has 19 heavy (non-hydrogen) atoms. The summed E-state index contributed by atoms with van der Waals surface area (Å²) in [6.45, 7) is 3.42. The van der Waals surface area contributed by atoms with Gasteiger partial charge in [-0.25, -0.2) is 12.8 Å². The third kappa shape index (κ3) is 4.00. The highest BCUT2D eigenvalue weighted by atomic mass is 32.2. The molecule has 0 aliphatic carbocycles. The summed E-state index contributed by atoms with van der Waals surface area (Å²) in [5, 5.41) is 9.04. The zero-order valence-corrected chi connectivity index (χ0v) is 11.4. The van der Waals surface area contributed by atoms with Crippen molar-refractivity contribution in [2.24, 2.45) is 5.92 Å². The number of carbonyl (C=O) groups is 1. The van der Waals surface area contributed by atoms with Crippen molar-refractivity contribution < 1.29 is 22.7 Å². The van der Waals surface area contributed by atoms with Gasteiger partial charge in [0.05, 0.1) is 4.90 Å². The number of hydrogen-bond donors (Lipinski definition) is 2. The molecule has 0 spiro atoms. The Labute approximate surface area is 111 Å². The van der Waals surface area contributed by atoms with Gasteiger partial charge in [-0.1, -0.05) is 20.3 Å². The Bertz CT molecular complexity index is 541. The monoisotopic (exact) mass is 289 g/mol. The fourth-order valence-corrected chi connectivity index (χ4v) is 2.79. The van der Waals surface area contributed by atoms with Gasteiger partial charge in [-0.15, -0.1) is 0 Å². The van der Waals surface area contributed by atoms with Gasteiger partial charge >= 0.3 is 5.97 Å². The fourth-order valence-electron chi connectivity index (χ4n) is 1.49. The number of benzene rings is 1. The Hall–Kier alpha value is -1.47. The van der Waals surface area contributed by atoms with Crippen LogP contribution in [-0.2, 0) is 14.8 Å². The summed E-state index contributed by atoms with van der Waals surface area (Å²) < 4.78 is 38.8. The molecule has 0 amide bonds. The summed E-state index contributed by atoms with van der Waals surface area (Å²) >= 11 is 0. The van der Waals surface area contributed by atoms with Gasteiger partial charge in [0.25, 0.3) is 0 Å². The van der Waals surface area contributed by atoms with Crippen molar-refractivity contribution in [1.82, 2.24) is 4.72 Å². The maximum absolute atomic E-state index is 12.7. The van der Waals surface area contributed by atoms with Gasteiger partial charge in [-0.05, 0) is 30.2 Å². The molecule has 0 heterocycles. The predicted molar refractivity (Wildman–Crippen MR) is 67.6 cm³/mol. The standard InChI is InChI=1S/C12H16FNO4S/c1-3-8(2)11(12(15)16)14-19(17,18)10-6-4-9(13)5-7-10/h4-8,11,14H,3H2,1-2H3,(H,15,16)/t8?,11-/m0/s1. The van der Waals surface area contributed by atoms with E-state index in [2.05, 4.69) is 4.72 Å². The normalized spacial score (nSPS) is 14.9. The van der Waals surface area contributed by atoms with Gasteiger partial charge in [0.15, 0.2) is 0 Å². The average molecular weight is 289 g/mol. The molecule has 1 aromatic rings. The van der Waals surface area contributed by atoms with E-state index in [-0.39, 0.29) is 10.8 Å². The van der Waals surface area contributed by atoms with E-state index in [9.17, 15) is 17.6 Å². The molecule has 0 aliphatic heterocycles. The van der Waals surface area contributed by atoms with E-state index in [1.165, 1.54) is 0 Å². The van der Waals surface area contributed by atoms with E-state index < -0.39 is 27.9 Å².